The molecule has 0 aliphatic carbocycles. The molecule has 0 fully saturated rings. The first-order chi connectivity index (χ1) is 20.5. The fraction of sp³-hybridized carbons (Fsp3) is 0.333. The summed E-state index contributed by atoms with van der Waals surface area (Å²) in [4.78, 5) is 19.9. The number of carboxylic acid groups (broad SMARTS) is 1. The Kier molecular flexibility index (Phi) is 8.83. The zero-order chi connectivity index (χ0) is 30.7. The summed E-state index contributed by atoms with van der Waals surface area (Å²) in [5, 5.41) is 10.4. The van der Waals surface area contributed by atoms with Crippen LogP contribution in [-0.4, -0.2) is 34.8 Å². The third kappa shape index (κ3) is 7.05. The molecule has 0 bridgehead atoms. The van der Waals surface area contributed by atoms with Gasteiger partial charge in [0.2, 0.25) is 0 Å². The average molecular weight is 583 g/mol. The fourth-order valence-corrected chi connectivity index (χ4v) is 5.76. The summed E-state index contributed by atoms with van der Waals surface area (Å²) in [5.74, 6) is -0.577. The van der Waals surface area contributed by atoms with Crippen molar-refractivity contribution in [1.82, 2.24) is 4.98 Å². The number of hydrogen-bond donors (Lipinski definition) is 1. The molecule has 0 amide bonds. The van der Waals surface area contributed by atoms with Crippen molar-refractivity contribution in [2.45, 2.75) is 65.7 Å². The second-order valence-corrected chi connectivity index (χ2v) is 12.1. The number of nitrogens with zero attached hydrogens (tertiary/aromatic N) is 2. The van der Waals surface area contributed by atoms with E-state index in [0.717, 1.165) is 46.8 Å². The van der Waals surface area contributed by atoms with Crippen LogP contribution in [0.3, 0.4) is 0 Å². The van der Waals surface area contributed by atoms with Gasteiger partial charge in [-0.05, 0) is 87.6 Å². The third-order valence-corrected chi connectivity index (χ3v) is 7.70. The SMILES string of the molecule is Cc1nc(C)c(C(OC(C)(C)C)C(=O)O)c(N2CCc3ccccc3C2)c1-c1ccc(OCCc2ccc(F)cc2)cc1. The van der Waals surface area contributed by atoms with Gasteiger partial charge in [-0.25, -0.2) is 9.18 Å². The van der Waals surface area contributed by atoms with Crippen molar-refractivity contribution in [3.63, 3.8) is 0 Å². The maximum Gasteiger partial charge on any atom is 0.337 e. The first-order valence-corrected chi connectivity index (χ1v) is 14.7. The highest BCUT2D eigenvalue weighted by Crippen LogP contribution is 2.44. The number of carbonyl (C=O) groups is 1. The highest BCUT2D eigenvalue weighted by Gasteiger charge is 2.35. The molecule has 1 atom stereocenters. The van der Waals surface area contributed by atoms with E-state index in [2.05, 4.69) is 23.1 Å². The highest BCUT2D eigenvalue weighted by atomic mass is 19.1. The lowest BCUT2D eigenvalue weighted by Crippen LogP contribution is -2.35. The van der Waals surface area contributed by atoms with Crippen molar-refractivity contribution < 1.29 is 23.8 Å². The van der Waals surface area contributed by atoms with Crippen LogP contribution in [0.1, 0.15) is 60.5 Å². The summed E-state index contributed by atoms with van der Waals surface area (Å²) < 4.78 is 25.4. The van der Waals surface area contributed by atoms with E-state index in [4.69, 9.17) is 14.5 Å². The van der Waals surface area contributed by atoms with Gasteiger partial charge < -0.3 is 19.5 Å². The minimum Gasteiger partial charge on any atom is -0.493 e. The molecular formula is C36H39FN2O4. The number of aliphatic carboxylic acids is 1. The van der Waals surface area contributed by atoms with Crippen molar-refractivity contribution >= 4 is 11.7 Å². The van der Waals surface area contributed by atoms with Crippen LogP contribution in [0.2, 0.25) is 0 Å². The molecule has 43 heavy (non-hydrogen) atoms. The van der Waals surface area contributed by atoms with E-state index in [1.807, 2.05) is 65.0 Å². The number of ether oxygens (including phenoxy) is 2. The Morgan fingerprint density at radius 2 is 1.65 bits per heavy atom. The molecule has 1 aromatic heterocycles. The van der Waals surface area contributed by atoms with E-state index in [-0.39, 0.29) is 5.82 Å². The predicted molar refractivity (Wildman–Crippen MR) is 167 cm³/mol. The summed E-state index contributed by atoms with van der Waals surface area (Å²) >= 11 is 0. The first-order valence-electron chi connectivity index (χ1n) is 14.7. The quantitative estimate of drug-likeness (QED) is 0.219. The van der Waals surface area contributed by atoms with Gasteiger partial charge in [-0.3, -0.25) is 4.98 Å². The second kappa shape index (κ2) is 12.6. The minimum absolute atomic E-state index is 0.253. The standard InChI is InChI=1S/C36H39FN2O4/c1-23-31(27-12-16-30(17-13-27)42-21-19-25-10-14-29(37)15-11-25)33(39-20-18-26-8-6-7-9-28(26)22-39)32(24(2)38-23)34(35(40)41)43-36(3,4)5/h6-17,34H,18-22H2,1-5H3,(H,40,41). The van der Waals surface area contributed by atoms with Crippen LogP contribution in [0.5, 0.6) is 5.75 Å². The van der Waals surface area contributed by atoms with E-state index < -0.39 is 17.7 Å². The van der Waals surface area contributed by atoms with E-state index in [1.165, 1.54) is 23.3 Å². The highest BCUT2D eigenvalue weighted by molar-refractivity contribution is 5.88. The molecule has 224 valence electrons. The van der Waals surface area contributed by atoms with Crippen molar-refractivity contribution in [2.24, 2.45) is 0 Å². The molecule has 7 heteroatoms. The molecule has 0 saturated carbocycles. The summed E-state index contributed by atoms with van der Waals surface area (Å²) in [5.41, 5.74) is 7.57. The van der Waals surface area contributed by atoms with Gasteiger partial charge in [0.05, 0.1) is 17.9 Å². The van der Waals surface area contributed by atoms with E-state index in [9.17, 15) is 14.3 Å². The van der Waals surface area contributed by atoms with Crippen LogP contribution in [-0.2, 0) is 28.9 Å². The summed E-state index contributed by atoms with van der Waals surface area (Å²) in [6.45, 7) is 11.3. The van der Waals surface area contributed by atoms with Crippen LogP contribution < -0.4 is 9.64 Å². The maximum absolute atomic E-state index is 13.2. The minimum atomic E-state index is -1.19. The van der Waals surface area contributed by atoms with Crippen LogP contribution >= 0.6 is 0 Å². The zero-order valence-electron chi connectivity index (χ0n) is 25.5. The number of hydrogen-bond acceptors (Lipinski definition) is 5. The van der Waals surface area contributed by atoms with Gasteiger partial charge in [0, 0.05) is 42.0 Å². The molecule has 0 spiro atoms. The van der Waals surface area contributed by atoms with Gasteiger partial charge in [-0.1, -0.05) is 48.5 Å². The van der Waals surface area contributed by atoms with Crippen LogP contribution in [0.4, 0.5) is 10.1 Å². The largest absolute Gasteiger partial charge is 0.493 e. The van der Waals surface area contributed by atoms with E-state index >= 15 is 0 Å². The van der Waals surface area contributed by atoms with E-state index in [1.54, 1.807) is 12.1 Å². The zero-order valence-corrected chi connectivity index (χ0v) is 25.5. The Morgan fingerprint density at radius 1 is 0.977 bits per heavy atom. The molecule has 1 N–H and O–H groups in total. The number of fused-ring (bicyclic) bond motifs is 1. The number of aromatic nitrogens is 1. The molecule has 0 radical (unpaired) electrons. The van der Waals surface area contributed by atoms with Crippen molar-refractivity contribution in [3.05, 3.63) is 112 Å². The fourth-order valence-electron chi connectivity index (χ4n) is 5.76. The van der Waals surface area contributed by atoms with Gasteiger partial charge in [0.25, 0.3) is 0 Å². The number of rotatable bonds is 9. The number of pyridine rings is 1. The van der Waals surface area contributed by atoms with Gasteiger partial charge in [0.15, 0.2) is 6.10 Å². The molecular weight excluding hydrogens is 543 g/mol. The van der Waals surface area contributed by atoms with E-state index in [0.29, 0.717) is 30.8 Å². The Morgan fingerprint density at radius 3 is 2.30 bits per heavy atom. The van der Waals surface area contributed by atoms with Gasteiger partial charge in [-0.2, -0.15) is 0 Å². The smallest absolute Gasteiger partial charge is 0.337 e. The molecule has 1 unspecified atom stereocenters. The topological polar surface area (TPSA) is 71.9 Å². The lowest BCUT2D eigenvalue weighted by molar-refractivity contribution is -0.160. The first kappa shape index (κ1) is 30.2. The molecule has 3 aromatic carbocycles. The molecule has 4 aromatic rings. The summed E-state index contributed by atoms with van der Waals surface area (Å²) in [7, 11) is 0. The molecule has 1 aliphatic heterocycles. The van der Waals surface area contributed by atoms with Crippen molar-refractivity contribution in [3.8, 4) is 16.9 Å². The molecule has 2 heterocycles. The van der Waals surface area contributed by atoms with Crippen LogP contribution in [0.15, 0.2) is 72.8 Å². The monoisotopic (exact) mass is 582 g/mol. The Labute approximate surface area is 253 Å². The number of halogens is 1. The summed E-state index contributed by atoms with van der Waals surface area (Å²) in [6, 6.07) is 22.7. The number of carboxylic acids is 1. The Balaban J connectivity index is 1.54. The number of aryl methyl sites for hydroxylation is 2. The molecule has 6 nitrogen and oxygen atoms in total. The van der Waals surface area contributed by atoms with Gasteiger partial charge >= 0.3 is 5.97 Å². The average Bonchev–Trinajstić information content (AvgIpc) is 2.96. The number of anilines is 1. The lowest BCUT2D eigenvalue weighted by Gasteiger charge is -2.37. The number of benzene rings is 3. The maximum atomic E-state index is 13.2. The van der Waals surface area contributed by atoms with Gasteiger partial charge in [0.1, 0.15) is 11.6 Å². The van der Waals surface area contributed by atoms with Crippen molar-refractivity contribution in [2.75, 3.05) is 18.1 Å². The van der Waals surface area contributed by atoms with Crippen LogP contribution in [0.25, 0.3) is 11.1 Å². The van der Waals surface area contributed by atoms with Crippen LogP contribution in [0, 0.1) is 19.7 Å². The second-order valence-electron chi connectivity index (χ2n) is 12.1. The Hall–Kier alpha value is -4.23. The van der Waals surface area contributed by atoms with Gasteiger partial charge in [-0.15, -0.1) is 0 Å². The molecule has 0 saturated heterocycles. The third-order valence-electron chi connectivity index (χ3n) is 7.70. The Bertz CT molecular complexity index is 1590. The lowest BCUT2D eigenvalue weighted by atomic mass is 9.91. The normalized spacial score (nSPS) is 13.9. The van der Waals surface area contributed by atoms with Crippen molar-refractivity contribution in [1.29, 1.82) is 0 Å². The molecule has 1 aliphatic rings. The predicted octanol–water partition coefficient (Wildman–Crippen LogP) is 7.63. The molecule has 5 rings (SSSR count). The summed E-state index contributed by atoms with van der Waals surface area (Å²) in [6.07, 6.45) is 0.332.